The fraction of sp³-hybridized carbons (Fsp3) is 0.130. The summed E-state index contributed by atoms with van der Waals surface area (Å²) in [5.41, 5.74) is 3.49. The van der Waals surface area contributed by atoms with Crippen LogP contribution in [0.4, 0.5) is 0 Å². The molecule has 0 spiro atoms. The van der Waals surface area contributed by atoms with Crippen molar-refractivity contribution in [3.63, 3.8) is 0 Å². The van der Waals surface area contributed by atoms with Gasteiger partial charge in [0.2, 0.25) is 0 Å². The minimum absolute atomic E-state index is 0. The Morgan fingerprint density at radius 3 is 1.70 bits per heavy atom. The third kappa shape index (κ3) is 7.71. The molecule has 0 saturated heterocycles. The number of pyridine rings is 2. The Morgan fingerprint density at radius 2 is 1.30 bits per heavy atom. The zero-order valence-corrected chi connectivity index (χ0v) is 16.2. The number of rotatable bonds is 6. The summed E-state index contributed by atoms with van der Waals surface area (Å²) in [6.45, 7) is 2.55. The molecule has 0 radical (unpaired) electrons. The summed E-state index contributed by atoms with van der Waals surface area (Å²) in [5.74, 6) is 0. The molecule has 0 unspecified atom stereocenters. The van der Waals surface area contributed by atoms with Crippen LogP contribution in [0.5, 0.6) is 0 Å². The monoisotopic (exact) mass is 397 g/mol. The van der Waals surface area contributed by atoms with Gasteiger partial charge in [-0.15, -0.1) is 5.56 Å². The van der Waals surface area contributed by atoms with Gasteiger partial charge in [0.25, 0.3) is 0 Å². The Labute approximate surface area is 171 Å². The van der Waals surface area contributed by atoms with Crippen molar-refractivity contribution in [3.8, 4) is 0 Å². The van der Waals surface area contributed by atoms with Crippen LogP contribution in [0.2, 0.25) is 0 Å². The maximum atomic E-state index is 4.43. The second kappa shape index (κ2) is 12.0. The molecule has 0 N–H and O–H groups in total. The van der Waals surface area contributed by atoms with E-state index in [0.29, 0.717) is 0 Å². The van der Waals surface area contributed by atoms with Crippen LogP contribution in [0.15, 0.2) is 103 Å². The summed E-state index contributed by atoms with van der Waals surface area (Å²) in [7, 11) is 0. The van der Waals surface area contributed by atoms with Crippen molar-refractivity contribution < 1.29 is 17.1 Å². The summed E-state index contributed by atoms with van der Waals surface area (Å²) in [5, 5.41) is 0. The van der Waals surface area contributed by atoms with Crippen molar-refractivity contribution in [2.75, 3.05) is 0 Å². The van der Waals surface area contributed by atoms with Crippen LogP contribution in [0.25, 0.3) is 0 Å². The molecule has 27 heavy (non-hydrogen) atoms. The smallest absolute Gasteiger partial charge is 0.299 e. The molecule has 2 heterocycles. The van der Waals surface area contributed by atoms with Crippen molar-refractivity contribution in [1.82, 2.24) is 14.9 Å². The van der Waals surface area contributed by atoms with Crippen LogP contribution in [-0.2, 0) is 36.7 Å². The molecular formula is C23H23FeN3. The van der Waals surface area contributed by atoms with Crippen LogP contribution >= 0.6 is 0 Å². The predicted octanol–water partition coefficient (Wildman–Crippen LogP) is 4.80. The molecule has 4 aromatic rings. The molecule has 4 rings (SSSR count). The second-order valence-electron chi connectivity index (χ2n) is 6.04. The molecule has 0 aliphatic carbocycles. The van der Waals surface area contributed by atoms with Crippen molar-refractivity contribution in [2.45, 2.75) is 19.6 Å². The molecular weight excluding hydrogens is 374 g/mol. The van der Waals surface area contributed by atoms with Gasteiger partial charge in [-0.1, -0.05) is 12.1 Å². The molecule has 0 amide bonds. The molecule has 0 aliphatic heterocycles. The van der Waals surface area contributed by atoms with Gasteiger partial charge in [-0.05, 0) is 30.8 Å². The van der Waals surface area contributed by atoms with E-state index < -0.39 is 0 Å². The molecule has 138 valence electrons. The molecule has 0 saturated carbocycles. The largest absolute Gasteiger partial charge is 2.00 e. The summed E-state index contributed by atoms with van der Waals surface area (Å²) in [6, 6.07) is 30.6. The normalized spacial score (nSPS) is 9.96. The van der Waals surface area contributed by atoms with E-state index in [4.69, 9.17) is 0 Å². The van der Waals surface area contributed by atoms with Gasteiger partial charge in [0.15, 0.2) is 0 Å². The second-order valence-corrected chi connectivity index (χ2v) is 6.04. The third-order valence-corrected chi connectivity index (χ3v) is 3.92. The minimum atomic E-state index is 0. The van der Waals surface area contributed by atoms with E-state index in [-0.39, 0.29) is 17.1 Å². The Bertz CT molecular complexity index is 754. The number of nitrogens with zero attached hydrogens (tertiary/aromatic N) is 3. The molecule has 0 bridgehead atoms. The van der Waals surface area contributed by atoms with E-state index in [1.165, 1.54) is 5.56 Å². The van der Waals surface area contributed by atoms with Crippen LogP contribution in [0.1, 0.15) is 17.0 Å². The SMILES string of the molecule is [Fe+2].c1cc[cH-]c1.c1ccc(CN(Cc2ccccn2)C[c-]2cccc2)nc1. The Hall–Kier alpha value is -2.52. The van der Waals surface area contributed by atoms with Crippen LogP contribution in [-0.4, -0.2) is 14.9 Å². The van der Waals surface area contributed by atoms with E-state index in [1.807, 2.05) is 67.0 Å². The average molecular weight is 397 g/mol. The van der Waals surface area contributed by atoms with Gasteiger partial charge in [0, 0.05) is 25.5 Å². The van der Waals surface area contributed by atoms with Gasteiger partial charge in [0.1, 0.15) is 0 Å². The fourth-order valence-corrected chi connectivity index (χ4v) is 2.71. The zero-order chi connectivity index (χ0) is 17.9. The first-order chi connectivity index (χ1) is 12.9. The van der Waals surface area contributed by atoms with Gasteiger partial charge in [-0.2, -0.15) is 30.3 Å². The molecule has 2 aromatic carbocycles. The topological polar surface area (TPSA) is 29.0 Å². The minimum Gasteiger partial charge on any atom is -0.299 e. The fourth-order valence-electron chi connectivity index (χ4n) is 2.71. The first-order valence-corrected chi connectivity index (χ1v) is 8.79. The Morgan fingerprint density at radius 1 is 0.741 bits per heavy atom. The van der Waals surface area contributed by atoms with Crippen molar-refractivity contribution in [1.29, 1.82) is 0 Å². The van der Waals surface area contributed by atoms with Crippen LogP contribution in [0, 0.1) is 0 Å². The molecule has 4 heteroatoms. The van der Waals surface area contributed by atoms with E-state index in [1.54, 1.807) is 0 Å². The molecule has 3 nitrogen and oxygen atoms in total. The summed E-state index contributed by atoms with van der Waals surface area (Å²) >= 11 is 0. The standard InChI is InChI=1S/C18H18N3.C5H5.Fe/c1-2-8-16(7-1)13-21(14-17-9-3-5-11-19-17)15-18-10-4-6-12-20-18;1-2-4-5-3-1;/h1-12H,13-15H2;1-5H;/q2*-1;+2. The predicted molar refractivity (Wildman–Crippen MR) is 105 cm³/mol. The molecule has 0 fully saturated rings. The maximum absolute atomic E-state index is 4.43. The van der Waals surface area contributed by atoms with Gasteiger partial charge in [-0.3, -0.25) is 14.9 Å². The zero-order valence-electron chi connectivity index (χ0n) is 15.1. The molecule has 0 atom stereocenters. The van der Waals surface area contributed by atoms with Crippen LogP contribution in [0.3, 0.4) is 0 Å². The van der Waals surface area contributed by atoms with E-state index in [2.05, 4.69) is 51.3 Å². The van der Waals surface area contributed by atoms with Crippen molar-refractivity contribution in [2.24, 2.45) is 0 Å². The quantitative estimate of drug-likeness (QED) is 0.346. The van der Waals surface area contributed by atoms with Gasteiger partial charge in [-0.25, -0.2) is 24.3 Å². The summed E-state index contributed by atoms with van der Waals surface area (Å²) < 4.78 is 0. The number of hydrogen-bond donors (Lipinski definition) is 0. The van der Waals surface area contributed by atoms with E-state index in [9.17, 15) is 0 Å². The third-order valence-electron chi connectivity index (χ3n) is 3.92. The maximum Gasteiger partial charge on any atom is 2.00 e. The van der Waals surface area contributed by atoms with Gasteiger partial charge in [0.05, 0.1) is 11.4 Å². The van der Waals surface area contributed by atoms with E-state index in [0.717, 1.165) is 31.0 Å². The molecule has 0 aliphatic rings. The van der Waals surface area contributed by atoms with E-state index >= 15 is 0 Å². The van der Waals surface area contributed by atoms with Gasteiger partial charge < -0.3 is 0 Å². The van der Waals surface area contributed by atoms with Crippen LogP contribution < -0.4 is 0 Å². The average Bonchev–Trinajstić information content (AvgIpc) is 3.40. The van der Waals surface area contributed by atoms with Crippen molar-refractivity contribution >= 4 is 0 Å². The molecule has 2 aromatic heterocycles. The van der Waals surface area contributed by atoms with Gasteiger partial charge >= 0.3 is 17.1 Å². The van der Waals surface area contributed by atoms with Crippen molar-refractivity contribution in [3.05, 3.63) is 120 Å². The summed E-state index contributed by atoms with van der Waals surface area (Å²) in [4.78, 5) is 11.2. The number of aromatic nitrogens is 2. The number of hydrogen-bond acceptors (Lipinski definition) is 3. The Kier molecular flexibility index (Phi) is 9.22. The first kappa shape index (κ1) is 20.8. The summed E-state index contributed by atoms with van der Waals surface area (Å²) in [6.07, 6.45) is 3.69. The first-order valence-electron chi connectivity index (χ1n) is 8.79. The Balaban J connectivity index is 0.000000379.